The normalized spacial score (nSPS) is 13.7. The van der Waals surface area contributed by atoms with Gasteiger partial charge < -0.3 is 15.2 Å². The van der Waals surface area contributed by atoms with E-state index in [1.54, 1.807) is 24.3 Å². The Morgan fingerprint density at radius 1 is 1.04 bits per heavy atom. The minimum Gasteiger partial charge on any atom is -0.345 e. The van der Waals surface area contributed by atoms with Crippen LogP contribution in [0.25, 0.3) is 0 Å². The van der Waals surface area contributed by atoms with Crippen molar-refractivity contribution in [2.45, 2.75) is 39.7 Å². The van der Waals surface area contributed by atoms with Crippen molar-refractivity contribution in [3.63, 3.8) is 0 Å². The van der Waals surface area contributed by atoms with Gasteiger partial charge in [-0.25, -0.2) is 0 Å². The van der Waals surface area contributed by atoms with Crippen molar-refractivity contribution in [3.8, 4) is 0 Å². The van der Waals surface area contributed by atoms with Gasteiger partial charge in [0.25, 0.3) is 5.91 Å². The summed E-state index contributed by atoms with van der Waals surface area (Å²) < 4.78 is 2.26. The van der Waals surface area contributed by atoms with Crippen LogP contribution >= 0.6 is 0 Å². The second-order valence-corrected chi connectivity index (χ2v) is 6.10. The number of aromatic nitrogens is 1. The van der Waals surface area contributed by atoms with E-state index < -0.39 is 0 Å². The highest BCUT2D eigenvalue weighted by Crippen LogP contribution is 2.38. The molecule has 0 aliphatic heterocycles. The van der Waals surface area contributed by atoms with E-state index >= 15 is 0 Å². The lowest BCUT2D eigenvalue weighted by atomic mass is 10.2. The van der Waals surface area contributed by atoms with Gasteiger partial charge in [0.05, 0.1) is 5.56 Å². The van der Waals surface area contributed by atoms with E-state index in [1.165, 1.54) is 19.8 Å². The first kappa shape index (κ1) is 15.3. The molecule has 2 amide bonds. The first-order valence-corrected chi connectivity index (χ1v) is 7.83. The Labute approximate surface area is 135 Å². The smallest absolute Gasteiger partial charge is 0.257 e. The zero-order chi connectivity index (χ0) is 16.6. The van der Waals surface area contributed by atoms with Gasteiger partial charge in [-0.3, -0.25) is 9.59 Å². The van der Waals surface area contributed by atoms with Gasteiger partial charge in [0, 0.05) is 35.7 Å². The number of nitrogens with zero attached hydrogens (tertiary/aromatic N) is 1. The van der Waals surface area contributed by atoms with Crippen molar-refractivity contribution in [3.05, 3.63) is 47.3 Å². The molecule has 1 aromatic carbocycles. The summed E-state index contributed by atoms with van der Waals surface area (Å²) in [7, 11) is 0. The molecular weight excluding hydrogens is 290 g/mol. The summed E-state index contributed by atoms with van der Waals surface area (Å²) >= 11 is 0. The Balaban J connectivity index is 1.74. The molecule has 0 atom stereocenters. The van der Waals surface area contributed by atoms with Crippen LogP contribution in [0.2, 0.25) is 0 Å². The third-order valence-corrected chi connectivity index (χ3v) is 4.10. The third kappa shape index (κ3) is 3.28. The number of hydrogen-bond donors (Lipinski definition) is 2. The van der Waals surface area contributed by atoms with Crippen LogP contribution in [0.4, 0.5) is 11.4 Å². The van der Waals surface area contributed by atoms with Gasteiger partial charge in [-0.15, -0.1) is 0 Å². The monoisotopic (exact) mass is 311 g/mol. The SMILES string of the molecule is CC(=O)Nc1ccc(NC(=O)c2cc(C)n(C3CC3)c2C)cc1. The molecule has 1 fully saturated rings. The summed E-state index contributed by atoms with van der Waals surface area (Å²) in [5.74, 6) is -0.216. The molecule has 0 bridgehead atoms. The van der Waals surface area contributed by atoms with Gasteiger partial charge in [0.2, 0.25) is 5.91 Å². The summed E-state index contributed by atoms with van der Waals surface area (Å²) in [5, 5.41) is 5.62. The Morgan fingerprint density at radius 3 is 2.13 bits per heavy atom. The van der Waals surface area contributed by atoms with E-state index in [2.05, 4.69) is 15.2 Å². The number of carbonyl (C=O) groups is 2. The van der Waals surface area contributed by atoms with E-state index in [4.69, 9.17) is 0 Å². The highest BCUT2D eigenvalue weighted by atomic mass is 16.2. The Bertz CT molecular complexity index is 755. The Kier molecular flexibility index (Phi) is 3.94. The van der Waals surface area contributed by atoms with Crippen LogP contribution in [0, 0.1) is 13.8 Å². The number of hydrogen-bond acceptors (Lipinski definition) is 2. The van der Waals surface area contributed by atoms with Crippen molar-refractivity contribution in [1.29, 1.82) is 0 Å². The molecule has 0 saturated heterocycles. The molecule has 2 N–H and O–H groups in total. The van der Waals surface area contributed by atoms with E-state index in [1.807, 2.05) is 19.9 Å². The molecule has 120 valence electrons. The largest absolute Gasteiger partial charge is 0.345 e. The minimum absolute atomic E-state index is 0.0997. The van der Waals surface area contributed by atoms with Gasteiger partial charge in [-0.1, -0.05) is 0 Å². The topological polar surface area (TPSA) is 63.1 Å². The van der Waals surface area contributed by atoms with Crippen molar-refractivity contribution in [1.82, 2.24) is 4.57 Å². The summed E-state index contributed by atoms with van der Waals surface area (Å²) in [6.07, 6.45) is 2.39. The van der Waals surface area contributed by atoms with E-state index in [0.717, 1.165) is 17.0 Å². The number of anilines is 2. The summed E-state index contributed by atoms with van der Waals surface area (Å²) in [6.45, 7) is 5.51. The molecule has 0 spiro atoms. The lowest BCUT2D eigenvalue weighted by Crippen LogP contribution is -2.13. The number of nitrogens with one attached hydrogen (secondary N) is 2. The van der Waals surface area contributed by atoms with Crippen molar-refractivity contribution < 1.29 is 9.59 Å². The van der Waals surface area contributed by atoms with Crippen LogP contribution in [0.3, 0.4) is 0 Å². The Morgan fingerprint density at radius 2 is 1.61 bits per heavy atom. The predicted molar refractivity (Wildman–Crippen MR) is 90.9 cm³/mol. The van der Waals surface area contributed by atoms with E-state index in [9.17, 15) is 9.59 Å². The van der Waals surface area contributed by atoms with Crippen LogP contribution in [-0.4, -0.2) is 16.4 Å². The van der Waals surface area contributed by atoms with Crippen LogP contribution in [0.5, 0.6) is 0 Å². The van der Waals surface area contributed by atoms with Crippen molar-refractivity contribution in [2.24, 2.45) is 0 Å². The molecular formula is C18H21N3O2. The molecule has 5 nitrogen and oxygen atoms in total. The fourth-order valence-corrected chi connectivity index (χ4v) is 2.94. The third-order valence-electron chi connectivity index (χ3n) is 4.10. The maximum atomic E-state index is 12.5. The molecule has 1 aliphatic rings. The average Bonchev–Trinajstić information content (AvgIpc) is 3.26. The molecule has 1 aliphatic carbocycles. The van der Waals surface area contributed by atoms with Gasteiger partial charge in [-0.2, -0.15) is 0 Å². The number of amides is 2. The van der Waals surface area contributed by atoms with E-state index in [0.29, 0.717) is 17.4 Å². The molecule has 1 saturated carbocycles. The molecule has 3 rings (SSSR count). The molecule has 0 unspecified atom stereocenters. The quantitative estimate of drug-likeness (QED) is 0.905. The van der Waals surface area contributed by atoms with Crippen LogP contribution in [-0.2, 0) is 4.79 Å². The molecule has 23 heavy (non-hydrogen) atoms. The zero-order valence-electron chi connectivity index (χ0n) is 13.6. The fraction of sp³-hybridized carbons (Fsp3) is 0.333. The molecule has 0 radical (unpaired) electrons. The van der Waals surface area contributed by atoms with Gasteiger partial charge in [0.15, 0.2) is 0 Å². The second kappa shape index (κ2) is 5.91. The standard InChI is InChI=1S/C18H21N3O2/c1-11-10-17(12(2)21(11)16-8-9-16)18(23)20-15-6-4-14(5-7-15)19-13(3)22/h4-7,10,16H,8-9H2,1-3H3,(H,19,22)(H,20,23). The molecule has 1 heterocycles. The molecule has 1 aromatic heterocycles. The first-order valence-electron chi connectivity index (χ1n) is 7.83. The lowest BCUT2D eigenvalue weighted by Gasteiger charge is -2.09. The number of carbonyl (C=O) groups excluding carboxylic acids is 2. The Hall–Kier alpha value is -2.56. The van der Waals surface area contributed by atoms with Gasteiger partial charge >= 0.3 is 0 Å². The first-order chi connectivity index (χ1) is 11.0. The average molecular weight is 311 g/mol. The minimum atomic E-state index is -0.116. The summed E-state index contributed by atoms with van der Waals surface area (Å²) in [6, 6.07) is 9.62. The van der Waals surface area contributed by atoms with Crippen molar-refractivity contribution in [2.75, 3.05) is 10.6 Å². The summed E-state index contributed by atoms with van der Waals surface area (Å²) in [5.41, 5.74) is 4.30. The van der Waals surface area contributed by atoms with Crippen LogP contribution in [0.15, 0.2) is 30.3 Å². The number of rotatable bonds is 4. The van der Waals surface area contributed by atoms with Crippen molar-refractivity contribution >= 4 is 23.2 Å². The lowest BCUT2D eigenvalue weighted by molar-refractivity contribution is -0.114. The maximum Gasteiger partial charge on any atom is 0.257 e. The highest BCUT2D eigenvalue weighted by Gasteiger charge is 2.28. The predicted octanol–water partition coefficient (Wildman–Crippen LogP) is 3.65. The molecule has 2 aromatic rings. The number of benzene rings is 1. The summed E-state index contributed by atoms with van der Waals surface area (Å²) in [4.78, 5) is 23.5. The molecule has 5 heteroatoms. The zero-order valence-corrected chi connectivity index (χ0v) is 13.6. The maximum absolute atomic E-state index is 12.5. The fourth-order valence-electron chi connectivity index (χ4n) is 2.94. The highest BCUT2D eigenvalue weighted by molar-refractivity contribution is 6.05. The van der Waals surface area contributed by atoms with E-state index in [-0.39, 0.29) is 11.8 Å². The second-order valence-electron chi connectivity index (χ2n) is 6.10. The van der Waals surface area contributed by atoms with Gasteiger partial charge in [-0.05, 0) is 57.0 Å². The van der Waals surface area contributed by atoms with Gasteiger partial charge in [0.1, 0.15) is 0 Å². The number of aryl methyl sites for hydroxylation is 1. The van der Waals surface area contributed by atoms with Crippen LogP contribution < -0.4 is 10.6 Å². The van der Waals surface area contributed by atoms with Crippen LogP contribution in [0.1, 0.15) is 47.6 Å².